The highest BCUT2D eigenvalue weighted by molar-refractivity contribution is 5.91. The third kappa shape index (κ3) is 3.85. The molecule has 1 N–H and O–H groups in total. The zero-order valence-corrected chi connectivity index (χ0v) is 15.6. The van der Waals surface area contributed by atoms with Crippen molar-refractivity contribution in [2.75, 3.05) is 11.9 Å². The Morgan fingerprint density at radius 1 is 1.17 bits per heavy atom. The molecule has 1 aliphatic rings. The molecule has 2 heterocycles. The molecule has 9 heteroatoms. The van der Waals surface area contributed by atoms with E-state index in [1.54, 1.807) is 4.90 Å². The van der Waals surface area contributed by atoms with Gasteiger partial charge in [-0.05, 0) is 37.1 Å². The molecule has 2 aromatic carbocycles. The largest absolute Gasteiger partial charge is 0.573 e. The number of nitrogens with one attached hydrogen (secondary N) is 1. The number of imidazole rings is 1. The van der Waals surface area contributed by atoms with Crippen molar-refractivity contribution < 1.29 is 22.7 Å². The molecule has 0 unspecified atom stereocenters. The van der Waals surface area contributed by atoms with Crippen molar-refractivity contribution in [2.24, 2.45) is 7.05 Å². The van der Waals surface area contributed by atoms with Crippen molar-refractivity contribution >= 4 is 22.8 Å². The summed E-state index contributed by atoms with van der Waals surface area (Å²) in [6.07, 6.45) is -3.34. The third-order valence-corrected chi connectivity index (χ3v) is 4.99. The molecule has 1 aromatic heterocycles. The van der Waals surface area contributed by atoms with Gasteiger partial charge in [-0.2, -0.15) is 0 Å². The molecule has 29 heavy (non-hydrogen) atoms. The quantitative estimate of drug-likeness (QED) is 0.680. The van der Waals surface area contributed by atoms with Crippen molar-refractivity contribution in [1.29, 1.82) is 0 Å². The Morgan fingerprint density at radius 3 is 2.66 bits per heavy atom. The number of benzene rings is 2. The highest BCUT2D eigenvalue weighted by Gasteiger charge is 2.35. The number of alkyl halides is 3. The molecule has 2 amide bonds. The molecule has 0 spiro atoms. The number of nitrogens with zero attached hydrogens (tertiary/aromatic N) is 3. The Bertz CT molecular complexity index is 1050. The smallest absolute Gasteiger partial charge is 0.404 e. The summed E-state index contributed by atoms with van der Waals surface area (Å²) in [5.41, 5.74) is 1.75. The van der Waals surface area contributed by atoms with E-state index in [0.29, 0.717) is 6.54 Å². The highest BCUT2D eigenvalue weighted by Crippen LogP contribution is 2.35. The maximum atomic E-state index is 12.9. The van der Waals surface area contributed by atoms with E-state index in [1.165, 1.54) is 18.2 Å². The monoisotopic (exact) mass is 404 g/mol. The first-order valence-corrected chi connectivity index (χ1v) is 9.17. The van der Waals surface area contributed by atoms with Gasteiger partial charge in [0.15, 0.2) is 5.75 Å². The van der Waals surface area contributed by atoms with Gasteiger partial charge in [-0.15, -0.1) is 13.2 Å². The van der Waals surface area contributed by atoms with Crippen LogP contribution in [0.5, 0.6) is 5.75 Å². The van der Waals surface area contributed by atoms with Gasteiger partial charge in [0.25, 0.3) is 0 Å². The topological polar surface area (TPSA) is 59.4 Å². The van der Waals surface area contributed by atoms with Crippen LogP contribution in [0.4, 0.5) is 23.7 Å². The zero-order chi connectivity index (χ0) is 20.6. The number of ether oxygens (including phenoxy) is 1. The summed E-state index contributed by atoms with van der Waals surface area (Å²) in [6.45, 7) is 0.488. The highest BCUT2D eigenvalue weighted by atomic mass is 19.4. The van der Waals surface area contributed by atoms with Gasteiger partial charge in [0.1, 0.15) is 5.82 Å². The van der Waals surface area contributed by atoms with E-state index in [4.69, 9.17) is 0 Å². The van der Waals surface area contributed by atoms with Crippen LogP contribution >= 0.6 is 0 Å². The van der Waals surface area contributed by atoms with Crippen LogP contribution in [0.15, 0.2) is 48.5 Å². The first-order valence-electron chi connectivity index (χ1n) is 9.17. The lowest BCUT2D eigenvalue weighted by molar-refractivity contribution is -0.274. The second-order valence-corrected chi connectivity index (χ2v) is 6.84. The predicted molar refractivity (Wildman–Crippen MR) is 102 cm³/mol. The van der Waals surface area contributed by atoms with Gasteiger partial charge in [0.2, 0.25) is 0 Å². The van der Waals surface area contributed by atoms with Gasteiger partial charge < -0.3 is 19.5 Å². The SMILES string of the molecule is Cn1c([C@@H]2CCCN2C(=O)Nc2ccccc2OC(F)(F)F)nc2ccccc21. The molecule has 0 aliphatic carbocycles. The fourth-order valence-electron chi connectivity index (χ4n) is 3.71. The molecular formula is C20H19F3N4O2. The van der Waals surface area contributed by atoms with Crippen LogP contribution in [0, 0.1) is 0 Å². The Kier molecular flexibility index (Phi) is 4.81. The average molecular weight is 404 g/mol. The van der Waals surface area contributed by atoms with Crippen LogP contribution in [0.1, 0.15) is 24.7 Å². The summed E-state index contributed by atoms with van der Waals surface area (Å²) in [4.78, 5) is 19.2. The number of urea groups is 1. The lowest BCUT2D eigenvalue weighted by Gasteiger charge is -2.25. The van der Waals surface area contributed by atoms with Gasteiger partial charge in [0.05, 0.1) is 22.8 Å². The summed E-state index contributed by atoms with van der Waals surface area (Å²) in [5, 5.41) is 2.55. The third-order valence-electron chi connectivity index (χ3n) is 4.99. The van der Waals surface area contributed by atoms with Crippen molar-refractivity contribution in [3.63, 3.8) is 0 Å². The van der Waals surface area contributed by atoms with Crippen LogP contribution in [0.2, 0.25) is 0 Å². The number of aryl methyl sites for hydroxylation is 1. The number of carbonyl (C=O) groups is 1. The number of carbonyl (C=O) groups excluding carboxylic acids is 1. The van der Waals surface area contributed by atoms with E-state index < -0.39 is 18.1 Å². The fourth-order valence-corrected chi connectivity index (χ4v) is 3.71. The molecule has 0 saturated carbocycles. The number of aromatic nitrogens is 2. The van der Waals surface area contributed by atoms with E-state index in [9.17, 15) is 18.0 Å². The van der Waals surface area contributed by atoms with E-state index >= 15 is 0 Å². The minimum atomic E-state index is -4.84. The number of para-hydroxylation sites is 4. The van der Waals surface area contributed by atoms with E-state index in [0.717, 1.165) is 35.8 Å². The maximum Gasteiger partial charge on any atom is 0.573 e. The summed E-state index contributed by atoms with van der Waals surface area (Å²) in [6, 6.07) is 12.4. The average Bonchev–Trinajstić information content (AvgIpc) is 3.27. The number of anilines is 1. The van der Waals surface area contributed by atoms with Gasteiger partial charge in [-0.25, -0.2) is 9.78 Å². The minimum absolute atomic E-state index is 0.0366. The fraction of sp³-hybridized carbons (Fsp3) is 0.300. The molecule has 3 aromatic rings. The normalized spacial score (nSPS) is 17.0. The van der Waals surface area contributed by atoms with E-state index in [1.807, 2.05) is 35.9 Å². The van der Waals surface area contributed by atoms with Gasteiger partial charge in [-0.3, -0.25) is 0 Å². The summed E-state index contributed by atoms with van der Waals surface area (Å²) in [7, 11) is 1.89. The molecule has 1 saturated heterocycles. The number of halogens is 3. The number of likely N-dealkylation sites (tertiary alicyclic amines) is 1. The second-order valence-electron chi connectivity index (χ2n) is 6.84. The van der Waals surface area contributed by atoms with Crippen molar-refractivity contribution in [2.45, 2.75) is 25.2 Å². The van der Waals surface area contributed by atoms with E-state index in [2.05, 4.69) is 15.0 Å². The van der Waals surface area contributed by atoms with Gasteiger partial charge >= 0.3 is 12.4 Å². The van der Waals surface area contributed by atoms with Crippen LogP contribution < -0.4 is 10.1 Å². The zero-order valence-electron chi connectivity index (χ0n) is 15.6. The first kappa shape index (κ1) is 19.1. The van der Waals surface area contributed by atoms with Crippen LogP contribution in [0.3, 0.4) is 0 Å². The molecule has 4 rings (SSSR count). The molecule has 0 radical (unpaired) electrons. The predicted octanol–water partition coefficient (Wildman–Crippen LogP) is 4.84. The molecule has 1 aliphatic heterocycles. The molecule has 1 atom stereocenters. The summed E-state index contributed by atoms with van der Waals surface area (Å²) >= 11 is 0. The standard InChI is InChI=1S/C20H19F3N4O2/c1-26-15-9-4-2-7-13(15)24-18(26)16-10-6-12-27(16)19(28)25-14-8-3-5-11-17(14)29-20(21,22)23/h2-5,7-9,11,16H,6,10,12H2,1H3,(H,25,28)/t16-/m0/s1. The van der Waals surface area contributed by atoms with Crippen LogP contribution in [-0.4, -0.2) is 33.4 Å². The minimum Gasteiger partial charge on any atom is -0.404 e. The number of rotatable bonds is 3. The van der Waals surface area contributed by atoms with Gasteiger partial charge in [-0.1, -0.05) is 24.3 Å². The Labute approximate surface area is 164 Å². The lowest BCUT2D eigenvalue weighted by atomic mass is 10.2. The van der Waals surface area contributed by atoms with Crippen molar-refractivity contribution in [1.82, 2.24) is 14.5 Å². The number of hydrogen-bond acceptors (Lipinski definition) is 3. The molecule has 1 fully saturated rings. The molecular weight excluding hydrogens is 385 g/mol. The second kappa shape index (κ2) is 7.31. The number of fused-ring (bicyclic) bond motifs is 1. The summed E-state index contributed by atoms with van der Waals surface area (Å²) in [5.74, 6) is 0.297. The molecule has 6 nitrogen and oxygen atoms in total. The molecule has 152 valence electrons. The number of amides is 2. The lowest BCUT2D eigenvalue weighted by Crippen LogP contribution is -2.35. The van der Waals surface area contributed by atoms with Crippen molar-refractivity contribution in [3.05, 3.63) is 54.4 Å². The number of hydrogen-bond donors (Lipinski definition) is 1. The van der Waals surface area contributed by atoms with Crippen molar-refractivity contribution in [3.8, 4) is 5.75 Å². The molecule has 0 bridgehead atoms. The Balaban J connectivity index is 1.58. The Morgan fingerprint density at radius 2 is 1.90 bits per heavy atom. The summed E-state index contributed by atoms with van der Waals surface area (Å²) < 4.78 is 43.9. The van der Waals surface area contributed by atoms with E-state index in [-0.39, 0.29) is 11.7 Å². The maximum absolute atomic E-state index is 12.9. The van der Waals surface area contributed by atoms with Crippen LogP contribution in [0.25, 0.3) is 11.0 Å². The van der Waals surface area contributed by atoms with Gasteiger partial charge in [0, 0.05) is 13.6 Å². The van der Waals surface area contributed by atoms with Crippen LogP contribution in [-0.2, 0) is 7.05 Å². The first-order chi connectivity index (χ1) is 13.8. The Hall–Kier alpha value is -3.23.